The summed E-state index contributed by atoms with van der Waals surface area (Å²) in [4.78, 5) is 24.8. The Labute approximate surface area is 113 Å². The summed E-state index contributed by atoms with van der Waals surface area (Å²) in [6.45, 7) is 1.89. The molecule has 2 rings (SSSR count). The zero-order chi connectivity index (χ0) is 13.7. The number of hydrogen-bond acceptors (Lipinski definition) is 3. The maximum absolute atomic E-state index is 12.1. The van der Waals surface area contributed by atoms with Gasteiger partial charge in [0.1, 0.15) is 0 Å². The van der Waals surface area contributed by atoms with Crippen molar-refractivity contribution in [1.29, 1.82) is 0 Å². The Morgan fingerprint density at radius 1 is 1.21 bits per heavy atom. The third kappa shape index (κ3) is 4.20. The number of rotatable bonds is 4. The van der Waals surface area contributed by atoms with Crippen molar-refractivity contribution in [2.75, 3.05) is 19.7 Å². The van der Waals surface area contributed by atoms with Crippen LogP contribution in [0.25, 0.3) is 0 Å². The van der Waals surface area contributed by atoms with Crippen LogP contribution in [0, 0.1) is 5.92 Å². The molecule has 0 aromatic rings. The zero-order valence-electron chi connectivity index (χ0n) is 11.3. The van der Waals surface area contributed by atoms with Gasteiger partial charge in [-0.05, 0) is 38.5 Å². The Bertz CT molecular complexity index is 325. The van der Waals surface area contributed by atoms with E-state index in [4.69, 9.17) is 9.84 Å². The van der Waals surface area contributed by atoms with Crippen molar-refractivity contribution >= 4 is 11.9 Å². The van der Waals surface area contributed by atoms with E-state index in [9.17, 15) is 9.59 Å². The monoisotopic (exact) mass is 269 g/mol. The molecule has 0 saturated carbocycles. The van der Waals surface area contributed by atoms with Crippen LogP contribution in [0.3, 0.4) is 0 Å². The average Bonchev–Trinajstić information content (AvgIpc) is 2.46. The Balaban J connectivity index is 1.74. The van der Waals surface area contributed by atoms with Crippen molar-refractivity contribution in [2.24, 2.45) is 5.92 Å². The number of piperidine rings is 1. The number of hydrogen-bond donors (Lipinski definition) is 1. The van der Waals surface area contributed by atoms with Crippen LogP contribution in [0.4, 0.5) is 0 Å². The summed E-state index contributed by atoms with van der Waals surface area (Å²) in [6, 6.07) is 0. The summed E-state index contributed by atoms with van der Waals surface area (Å²) < 4.78 is 5.61. The van der Waals surface area contributed by atoms with Crippen molar-refractivity contribution in [3.05, 3.63) is 0 Å². The van der Waals surface area contributed by atoms with Crippen LogP contribution in [0.5, 0.6) is 0 Å². The topological polar surface area (TPSA) is 66.8 Å². The number of carbonyl (C=O) groups excluding carboxylic acids is 1. The average molecular weight is 269 g/mol. The van der Waals surface area contributed by atoms with Gasteiger partial charge in [-0.1, -0.05) is 0 Å². The summed E-state index contributed by atoms with van der Waals surface area (Å²) in [5.74, 6) is -1.09. The number of carboxylic acid groups (broad SMARTS) is 1. The second-order valence-corrected chi connectivity index (χ2v) is 5.54. The number of carboxylic acids is 1. The summed E-state index contributed by atoms with van der Waals surface area (Å²) >= 11 is 0. The third-order valence-corrected chi connectivity index (χ3v) is 4.08. The van der Waals surface area contributed by atoms with Crippen LogP contribution in [-0.4, -0.2) is 47.7 Å². The number of likely N-dealkylation sites (tertiary alicyclic amines) is 1. The first-order chi connectivity index (χ1) is 9.16. The van der Waals surface area contributed by atoms with E-state index in [1.807, 2.05) is 0 Å². The lowest BCUT2D eigenvalue weighted by Gasteiger charge is -2.31. The van der Waals surface area contributed by atoms with Gasteiger partial charge in [-0.15, -0.1) is 0 Å². The quantitative estimate of drug-likeness (QED) is 0.843. The first kappa shape index (κ1) is 14.3. The van der Waals surface area contributed by atoms with E-state index in [1.54, 1.807) is 4.90 Å². The molecule has 0 aromatic heterocycles. The van der Waals surface area contributed by atoms with Crippen LogP contribution in [0.2, 0.25) is 0 Å². The molecule has 0 aliphatic carbocycles. The predicted octanol–water partition coefficient (Wildman–Crippen LogP) is 1.66. The molecule has 2 atom stereocenters. The van der Waals surface area contributed by atoms with Crippen molar-refractivity contribution in [2.45, 2.75) is 51.0 Å². The van der Waals surface area contributed by atoms with E-state index in [0.29, 0.717) is 25.9 Å². The van der Waals surface area contributed by atoms with Crippen LogP contribution >= 0.6 is 0 Å². The number of nitrogens with zero attached hydrogens (tertiary/aromatic N) is 1. The van der Waals surface area contributed by atoms with E-state index in [-0.39, 0.29) is 17.9 Å². The minimum atomic E-state index is -0.784. The van der Waals surface area contributed by atoms with Crippen LogP contribution < -0.4 is 0 Å². The molecule has 0 aromatic carbocycles. The fraction of sp³-hybridized carbons (Fsp3) is 0.857. The van der Waals surface area contributed by atoms with Crippen LogP contribution in [0.1, 0.15) is 44.9 Å². The molecule has 0 radical (unpaired) electrons. The van der Waals surface area contributed by atoms with Gasteiger partial charge >= 0.3 is 5.97 Å². The highest BCUT2D eigenvalue weighted by molar-refractivity contribution is 5.78. The highest BCUT2D eigenvalue weighted by atomic mass is 16.5. The molecule has 2 heterocycles. The molecule has 0 bridgehead atoms. The van der Waals surface area contributed by atoms with Gasteiger partial charge in [0, 0.05) is 26.1 Å². The van der Waals surface area contributed by atoms with Crippen molar-refractivity contribution in [3.63, 3.8) is 0 Å². The van der Waals surface area contributed by atoms with Gasteiger partial charge in [0.15, 0.2) is 0 Å². The van der Waals surface area contributed by atoms with Gasteiger partial charge in [0.05, 0.1) is 12.0 Å². The maximum atomic E-state index is 12.1. The normalized spacial score (nSPS) is 28.1. The van der Waals surface area contributed by atoms with Crippen molar-refractivity contribution in [1.82, 2.24) is 4.90 Å². The molecular formula is C14H23NO4. The first-order valence-electron chi connectivity index (χ1n) is 7.29. The lowest BCUT2D eigenvalue weighted by atomic mass is 9.97. The number of carbonyl (C=O) groups is 2. The summed E-state index contributed by atoms with van der Waals surface area (Å²) in [5, 5.41) is 9.01. The Kier molecular flexibility index (Phi) is 5.19. The fourth-order valence-electron chi connectivity index (χ4n) is 2.88. The van der Waals surface area contributed by atoms with Crippen LogP contribution in [0.15, 0.2) is 0 Å². The van der Waals surface area contributed by atoms with Crippen LogP contribution in [-0.2, 0) is 14.3 Å². The molecule has 0 spiro atoms. The third-order valence-electron chi connectivity index (χ3n) is 4.08. The Morgan fingerprint density at radius 3 is 2.74 bits per heavy atom. The minimum Gasteiger partial charge on any atom is -0.481 e. The largest absolute Gasteiger partial charge is 0.481 e. The lowest BCUT2D eigenvalue weighted by Crippen LogP contribution is -2.42. The molecule has 108 valence electrons. The van der Waals surface area contributed by atoms with E-state index in [1.165, 1.54) is 6.42 Å². The SMILES string of the molecule is O=C(O)[C@H]1CCCN(C(=O)CC[C@H]2CCCCO2)C1. The second-order valence-electron chi connectivity index (χ2n) is 5.54. The van der Waals surface area contributed by atoms with Crippen molar-refractivity contribution < 1.29 is 19.4 Å². The van der Waals surface area contributed by atoms with Gasteiger partial charge in [-0.2, -0.15) is 0 Å². The zero-order valence-corrected chi connectivity index (χ0v) is 11.3. The molecule has 2 aliphatic heterocycles. The van der Waals surface area contributed by atoms with Gasteiger partial charge in [0.2, 0.25) is 5.91 Å². The van der Waals surface area contributed by atoms with Crippen molar-refractivity contribution in [3.8, 4) is 0 Å². The minimum absolute atomic E-state index is 0.0834. The summed E-state index contributed by atoms with van der Waals surface area (Å²) in [5.41, 5.74) is 0. The van der Waals surface area contributed by atoms with E-state index < -0.39 is 5.97 Å². The van der Waals surface area contributed by atoms with Gasteiger partial charge in [0.25, 0.3) is 0 Å². The molecule has 5 heteroatoms. The van der Waals surface area contributed by atoms with E-state index >= 15 is 0 Å². The number of aliphatic carboxylic acids is 1. The summed E-state index contributed by atoms with van der Waals surface area (Å²) in [7, 11) is 0. The molecular weight excluding hydrogens is 246 g/mol. The highest BCUT2D eigenvalue weighted by Gasteiger charge is 2.28. The molecule has 1 amide bonds. The van der Waals surface area contributed by atoms with Gasteiger partial charge in [-0.3, -0.25) is 9.59 Å². The second kappa shape index (κ2) is 6.89. The fourth-order valence-corrected chi connectivity index (χ4v) is 2.88. The molecule has 2 fully saturated rings. The molecule has 2 saturated heterocycles. The number of ether oxygens (including phenoxy) is 1. The molecule has 2 aliphatic rings. The highest BCUT2D eigenvalue weighted by Crippen LogP contribution is 2.20. The van der Waals surface area contributed by atoms with E-state index in [0.717, 1.165) is 32.3 Å². The van der Waals surface area contributed by atoms with Gasteiger partial charge in [-0.25, -0.2) is 0 Å². The standard InChI is InChI=1S/C14H23NO4/c16-13(7-6-12-5-1-2-9-19-12)15-8-3-4-11(10-15)14(17)18/h11-12H,1-10H2,(H,17,18)/t11-,12+/m0/s1. The molecule has 19 heavy (non-hydrogen) atoms. The predicted molar refractivity (Wildman–Crippen MR) is 69.8 cm³/mol. The van der Waals surface area contributed by atoms with E-state index in [2.05, 4.69) is 0 Å². The number of amides is 1. The molecule has 1 N–H and O–H groups in total. The molecule has 0 unspecified atom stereocenters. The summed E-state index contributed by atoms with van der Waals surface area (Å²) in [6.07, 6.45) is 6.31. The van der Waals surface area contributed by atoms with Gasteiger partial charge < -0.3 is 14.7 Å². The smallest absolute Gasteiger partial charge is 0.308 e. The first-order valence-corrected chi connectivity index (χ1v) is 7.29. The maximum Gasteiger partial charge on any atom is 0.308 e. The molecule has 5 nitrogen and oxygen atoms in total. The Hall–Kier alpha value is -1.10. The Morgan fingerprint density at radius 2 is 2.05 bits per heavy atom. The lowest BCUT2D eigenvalue weighted by molar-refractivity contribution is -0.145.